The largest absolute Gasteiger partial charge is 0.481 e. The first kappa shape index (κ1) is 13.1. The van der Waals surface area contributed by atoms with Crippen molar-refractivity contribution in [2.45, 2.75) is 38.1 Å². The summed E-state index contributed by atoms with van der Waals surface area (Å²) in [5, 5.41) is 13.9. The molecule has 0 bridgehead atoms. The molecule has 0 aliphatic heterocycles. The van der Waals surface area contributed by atoms with Crippen LogP contribution in [-0.4, -0.2) is 23.0 Å². The third-order valence-electron chi connectivity index (χ3n) is 3.36. The zero-order valence-electron chi connectivity index (χ0n) is 10.1. The van der Waals surface area contributed by atoms with Crippen LogP contribution in [0.15, 0.2) is 17.5 Å². The summed E-state index contributed by atoms with van der Waals surface area (Å²) in [6, 6.07) is 3.79. The first-order valence-corrected chi connectivity index (χ1v) is 7.09. The highest BCUT2D eigenvalue weighted by atomic mass is 32.1. The van der Waals surface area contributed by atoms with Crippen LogP contribution < -0.4 is 5.32 Å². The van der Waals surface area contributed by atoms with Gasteiger partial charge in [0.15, 0.2) is 0 Å². The maximum absolute atomic E-state index is 11.8. The highest BCUT2D eigenvalue weighted by molar-refractivity contribution is 7.09. The van der Waals surface area contributed by atoms with Crippen molar-refractivity contribution < 1.29 is 14.7 Å². The number of hydrogen-bond donors (Lipinski definition) is 2. The monoisotopic (exact) mass is 267 g/mol. The molecule has 2 atom stereocenters. The Labute approximate surface area is 110 Å². The number of amides is 1. The van der Waals surface area contributed by atoms with Gasteiger partial charge in [0.25, 0.3) is 0 Å². The van der Waals surface area contributed by atoms with Crippen molar-refractivity contribution in [1.29, 1.82) is 0 Å². The van der Waals surface area contributed by atoms with Crippen molar-refractivity contribution in [2.75, 3.05) is 0 Å². The summed E-state index contributed by atoms with van der Waals surface area (Å²) in [6.45, 7) is 0. The topological polar surface area (TPSA) is 66.4 Å². The molecule has 4 nitrogen and oxygen atoms in total. The lowest BCUT2D eigenvalue weighted by molar-refractivity contribution is -0.142. The number of aryl methyl sites for hydroxylation is 1. The molecule has 1 aliphatic rings. The molecule has 2 rings (SSSR count). The summed E-state index contributed by atoms with van der Waals surface area (Å²) in [7, 11) is 0. The Bertz CT molecular complexity index is 416. The van der Waals surface area contributed by atoms with Gasteiger partial charge in [0, 0.05) is 17.3 Å². The molecular formula is C13H17NO3S. The first-order chi connectivity index (χ1) is 8.66. The molecule has 0 unspecified atom stereocenters. The van der Waals surface area contributed by atoms with Gasteiger partial charge in [0.05, 0.1) is 5.92 Å². The summed E-state index contributed by atoms with van der Waals surface area (Å²) < 4.78 is 0. The third kappa shape index (κ3) is 3.32. The maximum atomic E-state index is 11.8. The molecule has 1 amide bonds. The fourth-order valence-electron chi connectivity index (χ4n) is 2.40. The zero-order chi connectivity index (χ0) is 13.0. The van der Waals surface area contributed by atoms with E-state index in [-0.39, 0.29) is 11.9 Å². The van der Waals surface area contributed by atoms with Crippen molar-refractivity contribution >= 4 is 23.2 Å². The Kier molecular flexibility index (Phi) is 4.36. The van der Waals surface area contributed by atoms with E-state index in [9.17, 15) is 9.59 Å². The van der Waals surface area contributed by atoms with Crippen LogP contribution in [0.1, 0.15) is 30.6 Å². The maximum Gasteiger partial charge on any atom is 0.308 e. The molecule has 18 heavy (non-hydrogen) atoms. The molecule has 5 heteroatoms. The van der Waals surface area contributed by atoms with Gasteiger partial charge in [-0.3, -0.25) is 9.59 Å². The average Bonchev–Trinajstić information content (AvgIpc) is 2.96. The van der Waals surface area contributed by atoms with Crippen LogP contribution in [-0.2, 0) is 16.0 Å². The molecule has 1 aromatic heterocycles. The molecule has 1 fully saturated rings. The van der Waals surface area contributed by atoms with Gasteiger partial charge in [-0.05, 0) is 30.7 Å². The van der Waals surface area contributed by atoms with Crippen molar-refractivity contribution in [3.8, 4) is 0 Å². The van der Waals surface area contributed by atoms with Gasteiger partial charge in [0.2, 0.25) is 5.91 Å². The number of carbonyl (C=O) groups is 2. The van der Waals surface area contributed by atoms with E-state index in [1.807, 2.05) is 17.5 Å². The van der Waals surface area contributed by atoms with Gasteiger partial charge in [-0.1, -0.05) is 12.5 Å². The smallest absolute Gasteiger partial charge is 0.308 e. The number of rotatable bonds is 5. The Hall–Kier alpha value is -1.36. The van der Waals surface area contributed by atoms with E-state index in [1.165, 1.54) is 4.88 Å². The first-order valence-electron chi connectivity index (χ1n) is 6.21. The second-order valence-corrected chi connectivity index (χ2v) is 5.66. The van der Waals surface area contributed by atoms with Crippen molar-refractivity contribution in [2.24, 2.45) is 5.92 Å². The summed E-state index contributed by atoms with van der Waals surface area (Å²) in [5.74, 6) is -1.24. The fourth-order valence-corrected chi connectivity index (χ4v) is 3.11. The molecule has 1 heterocycles. The Morgan fingerprint density at radius 2 is 2.28 bits per heavy atom. The molecule has 0 aromatic carbocycles. The van der Waals surface area contributed by atoms with Crippen molar-refractivity contribution in [3.05, 3.63) is 22.4 Å². The lowest BCUT2D eigenvalue weighted by Gasteiger charge is -2.17. The van der Waals surface area contributed by atoms with E-state index in [4.69, 9.17) is 5.11 Å². The summed E-state index contributed by atoms with van der Waals surface area (Å²) >= 11 is 1.64. The quantitative estimate of drug-likeness (QED) is 0.858. The Morgan fingerprint density at radius 1 is 1.44 bits per heavy atom. The molecule has 1 saturated carbocycles. The highest BCUT2D eigenvalue weighted by Crippen LogP contribution is 2.25. The van der Waals surface area contributed by atoms with Crippen LogP contribution in [0, 0.1) is 5.92 Å². The molecule has 2 N–H and O–H groups in total. The lowest BCUT2D eigenvalue weighted by Crippen LogP contribution is -2.40. The molecule has 1 aliphatic carbocycles. The third-order valence-corrected chi connectivity index (χ3v) is 4.29. The lowest BCUT2D eigenvalue weighted by atomic mass is 10.0. The minimum absolute atomic E-state index is 0.0402. The average molecular weight is 267 g/mol. The molecule has 1 aromatic rings. The van der Waals surface area contributed by atoms with E-state index in [2.05, 4.69) is 5.32 Å². The molecule has 0 spiro atoms. The second kappa shape index (κ2) is 6.00. The molecular weight excluding hydrogens is 250 g/mol. The minimum atomic E-state index is -0.795. The number of aliphatic carboxylic acids is 1. The van der Waals surface area contributed by atoms with Crippen LogP contribution in [0.3, 0.4) is 0 Å². The number of hydrogen-bond acceptors (Lipinski definition) is 3. The van der Waals surface area contributed by atoms with Crippen LogP contribution in [0.25, 0.3) is 0 Å². The van der Waals surface area contributed by atoms with E-state index in [0.717, 1.165) is 19.3 Å². The van der Waals surface area contributed by atoms with Gasteiger partial charge in [0.1, 0.15) is 0 Å². The highest BCUT2D eigenvalue weighted by Gasteiger charge is 2.33. The predicted molar refractivity (Wildman–Crippen MR) is 69.5 cm³/mol. The van der Waals surface area contributed by atoms with Gasteiger partial charge in [-0.25, -0.2) is 0 Å². The summed E-state index contributed by atoms with van der Waals surface area (Å²) in [4.78, 5) is 23.9. The fraction of sp³-hybridized carbons (Fsp3) is 0.538. The number of carboxylic acid groups (broad SMARTS) is 1. The van der Waals surface area contributed by atoms with Crippen LogP contribution in [0.5, 0.6) is 0 Å². The minimum Gasteiger partial charge on any atom is -0.481 e. The van der Waals surface area contributed by atoms with Gasteiger partial charge in [-0.2, -0.15) is 0 Å². The zero-order valence-corrected chi connectivity index (χ0v) is 10.9. The normalized spacial score (nSPS) is 22.9. The van der Waals surface area contributed by atoms with Gasteiger partial charge < -0.3 is 10.4 Å². The number of nitrogens with one attached hydrogen (secondary N) is 1. The second-order valence-electron chi connectivity index (χ2n) is 4.63. The number of carboxylic acids is 1. The van der Waals surface area contributed by atoms with Crippen molar-refractivity contribution in [3.63, 3.8) is 0 Å². The molecule has 98 valence electrons. The molecule has 0 radical (unpaired) electrons. The number of thiophene rings is 1. The summed E-state index contributed by atoms with van der Waals surface area (Å²) in [6.07, 6.45) is 3.50. The van der Waals surface area contributed by atoms with E-state index in [0.29, 0.717) is 12.8 Å². The van der Waals surface area contributed by atoms with Gasteiger partial charge >= 0.3 is 5.97 Å². The van der Waals surface area contributed by atoms with Gasteiger partial charge in [-0.15, -0.1) is 11.3 Å². The van der Waals surface area contributed by atoms with E-state index >= 15 is 0 Å². The SMILES string of the molecule is O=C(CCc1cccs1)N[C@H]1CCC[C@H]1C(=O)O. The molecule has 0 saturated heterocycles. The van der Waals surface area contributed by atoms with Crippen molar-refractivity contribution in [1.82, 2.24) is 5.32 Å². The van der Waals surface area contributed by atoms with Crippen LogP contribution >= 0.6 is 11.3 Å². The summed E-state index contributed by atoms with van der Waals surface area (Å²) in [5.41, 5.74) is 0. The predicted octanol–water partition coefficient (Wildman–Crippen LogP) is 2.05. The number of carbonyl (C=O) groups excluding carboxylic acids is 1. The van der Waals surface area contributed by atoms with E-state index in [1.54, 1.807) is 11.3 Å². The Balaban J connectivity index is 1.78. The Morgan fingerprint density at radius 3 is 2.94 bits per heavy atom. The van der Waals surface area contributed by atoms with Crippen LogP contribution in [0.4, 0.5) is 0 Å². The van der Waals surface area contributed by atoms with E-state index < -0.39 is 11.9 Å². The van der Waals surface area contributed by atoms with Crippen LogP contribution in [0.2, 0.25) is 0 Å². The standard InChI is InChI=1S/C13H17NO3S/c15-12(7-6-9-3-2-8-18-9)14-11-5-1-4-10(11)13(16)17/h2-3,8,10-11H,1,4-7H2,(H,14,15)(H,16,17)/t10-,11+/m1/s1.